The van der Waals surface area contributed by atoms with Crippen molar-refractivity contribution in [3.8, 4) is 0 Å². The fraction of sp³-hybridized carbons (Fsp3) is 0.500. The molecular weight excluding hydrogens is 322 g/mol. The molecule has 1 aliphatic heterocycles. The Labute approximate surface area is 135 Å². The normalized spacial score (nSPS) is 19.4. The van der Waals surface area contributed by atoms with Crippen LogP contribution in [-0.2, 0) is 16.1 Å². The van der Waals surface area contributed by atoms with Gasteiger partial charge in [0.25, 0.3) is 5.56 Å². The summed E-state index contributed by atoms with van der Waals surface area (Å²) in [6.45, 7) is 3.41. The van der Waals surface area contributed by atoms with Crippen molar-refractivity contribution in [2.45, 2.75) is 19.5 Å². The lowest BCUT2D eigenvalue weighted by atomic mass is 10.2. The summed E-state index contributed by atoms with van der Waals surface area (Å²) in [5.41, 5.74) is 0.594. The highest BCUT2D eigenvalue weighted by atomic mass is 32.2. The number of nitrogens with one attached hydrogen (secondary N) is 1. The van der Waals surface area contributed by atoms with Crippen LogP contribution in [0.25, 0.3) is 10.2 Å². The van der Waals surface area contributed by atoms with E-state index in [1.807, 2.05) is 23.3 Å². The maximum atomic E-state index is 12.1. The predicted molar refractivity (Wildman–Crippen MR) is 88.4 cm³/mol. The molecule has 3 heterocycles. The Bertz CT molecular complexity index is 727. The molecule has 8 heteroatoms. The molecule has 0 saturated carbocycles. The predicted octanol–water partition coefficient (Wildman–Crippen LogP) is 1.47. The molecule has 6 nitrogen and oxygen atoms in total. The average molecular weight is 339 g/mol. The van der Waals surface area contributed by atoms with Crippen molar-refractivity contribution in [2.75, 3.05) is 24.7 Å². The number of carbonyl (C=O) groups is 1. The summed E-state index contributed by atoms with van der Waals surface area (Å²) in [7, 11) is 0. The van der Waals surface area contributed by atoms with Crippen molar-refractivity contribution in [3.63, 3.8) is 0 Å². The number of hydrogen-bond acceptors (Lipinski definition) is 7. The molecule has 1 unspecified atom stereocenters. The van der Waals surface area contributed by atoms with Crippen LogP contribution in [0.2, 0.25) is 0 Å². The highest BCUT2D eigenvalue weighted by molar-refractivity contribution is 7.99. The fourth-order valence-corrected chi connectivity index (χ4v) is 4.30. The third-order valence-corrected chi connectivity index (χ3v) is 5.44. The van der Waals surface area contributed by atoms with Gasteiger partial charge in [-0.05, 0) is 18.4 Å². The third kappa shape index (κ3) is 3.18. The first-order valence-electron chi connectivity index (χ1n) is 7.14. The largest absolute Gasteiger partial charge is 0.465 e. The van der Waals surface area contributed by atoms with Crippen LogP contribution in [0, 0.1) is 0 Å². The fourth-order valence-electron chi connectivity index (χ4n) is 2.47. The van der Waals surface area contributed by atoms with Gasteiger partial charge in [0.05, 0.1) is 18.7 Å². The first-order chi connectivity index (χ1) is 10.7. The maximum Gasteiger partial charge on any atom is 0.324 e. The minimum atomic E-state index is -0.276. The van der Waals surface area contributed by atoms with Gasteiger partial charge in [0.2, 0.25) is 0 Å². The molecule has 1 fully saturated rings. The number of rotatable bonds is 4. The van der Waals surface area contributed by atoms with E-state index < -0.39 is 0 Å². The number of esters is 1. The molecule has 0 spiro atoms. The van der Waals surface area contributed by atoms with Gasteiger partial charge in [0.15, 0.2) is 0 Å². The molecular formula is C14H17N3O3S2. The van der Waals surface area contributed by atoms with Crippen LogP contribution in [0.1, 0.15) is 12.7 Å². The Kier molecular flexibility index (Phi) is 4.80. The summed E-state index contributed by atoms with van der Waals surface area (Å²) in [4.78, 5) is 33.4. The number of ether oxygens (including phenoxy) is 1. The molecule has 3 rings (SSSR count). The van der Waals surface area contributed by atoms with Crippen molar-refractivity contribution in [1.29, 1.82) is 0 Å². The highest BCUT2D eigenvalue weighted by Gasteiger charge is 2.30. The zero-order valence-electron chi connectivity index (χ0n) is 12.2. The van der Waals surface area contributed by atoms with Crippen LogP contribution in [0.5, 0.6) is 0 Å². The molecule has 0 aliphatic carbocycles. The van der Waals surface area contributed by atoms with Crippen molar-refractivity contribution >= 4 is 39.3 Å². The quantitative estimate of drug-likeness (QED) is 0.850. The van der Waals surface area contributed by atoms with E-state index in [4.69, 9.17) is 4.74 Å². The Morgan fingerprint density at radius 3 is 3.27 bits per heavy atom. The zero-order valence-corrected chi connectivity index (χ0v) is 13.8. The standard InChI is InChI=1S/C14H17N3O3S2/c1-2-20-14(19)10-8-21-6-4-17(10)7-11-15-9-3-5-22-12(9)13(18)16-11/h3,5,10H,2,4,6-8H2,1H3,(H,15,16,18). The molecule has 2 aromatic rings. The van der Waals surface area contributed by atoms with Crippen molar-refractivity contribution < 1.29 is 9.53 Å². The van der Waals surface area contributed by atoms with E-state index in [0.29, 0.717) is 34.9 Å². The summed E-state index contributed by atoms with van der Waals surface area (Å²) < 4.78 is 5.79. The molecule has 1 N–H and O–H groups in total. The Balaban J connectivity index is 1.82. The lowest BCUT2D eigenvalue weighted by Crippen LogP contribution is -2.47. The number of hydrogen-bond donors (Lipinski definition) is 1. The van der Waals surface area contributed by atoms with Gasteiger partial charge >= 0.3 is 5.97 Å². The molecule has 22 heavy (non-hydrogen) atoms. The van der Waals surface area contributed by atoms with Gasteiger partial charge in [0, 0.05) is 18.1 Å². The average Bonchev–Trinajstić information content (AvgIpc) is 2.97. The second-order valence-electron chi connectivity index (χ2n) is 4.96. The van der Waals surface area contributed by atoms with Crippen LogP contribution in [0.3, 0.4) is 0 Å². The minimum absolute atomic E-state index is 0.117. The molecule has 0 aromatic carbocycles. The van der Waals surface area contributed by atoms with E-state index in [-0.39, 0.29) is 17.6 Å². The SMILES string of the molecule is CCOC(=O)C1CSCCN1Cc1nc2ccsc2c(=O)[nH]1. The number of carbonyl (C=O) groups excluding carboxylic acids is 1. The van der Waals surface area contributed by atoms with Crippen LogP contribution in [-0.4, -0.2) is 51.5 Å². The number of H-pyrrole nitrogens is 1. The molecule has 0 bridgehead atoms. The van der Waals surface area contributed by atoms with E-state index >= 15 is 0 Å². The molecule has 2 aromatic heterocycles. The van der Waals surface area contributed by atoms with E-state index in [1.165, 1.54) is 11.3 Å². The third-order valence-electron chi connectivity index (χ3n) is 3.51. The van der Waals surface area contributed by atoms with Gasteiger partial charge < -0.3 is 9.72 Å². The van der Waals surface area contributed by atoms with E-state index in [2.05, 4.69) is 9.97 Å². The number of thiophene rings is 1. The van der Waals surface area contributed by atoms with Crippen molar-refractivity contribution in [2.24, 2.45) is 0 Å². The monoisotopic (exact) mass is 339 g/mol. The van der Waals surface area contributed by atoms with Gasteiger partial charge in [-0.25, -0.2) is 4.98 Å². The number of nitrogens with zero attached hydrogens (tertiary/aromatic N) is 2. The summed E-state index contributed by atoms with van der Waals surface area (Å²) in [5, 5.41) is 1.86. The van der Waals surface area contributed by atoms with E-state index in [1.54, 1.807) is 11.8 Å². The maximum absolute atomic E-state index is 12.1. The summed E-state index contributed by atoms with van der Waals surface area (Å²) in [6, 6.07) is 1.57. The summed E-state index contributed by atoms with van der Waals surface area (Å²) in [5.74, 6) is 2.07. The number of aromatic amines is 1. The van der Waals surface area contributed by atoms with Gasteiger partial charge in [-0.2, -0.15) is 11.8 Å². The Morgan fingerprint density at radius 1 is 1.59 bits per heavy atom. The summed E-state index contributed by atoms with van der Waals surface area (Å²) >= 11 is 3.13. The van der Waals surface area contributed by atoms with Crippen LogP contribution in [0.4, 0.5) is 0 Å². The number of fused-ring (bicyclic) bond motifs is 1. The van der Waals surface area contributed by atoms with E-state index in [0.717, 1.165) is 12.3 Å². The number of aromatic nitrogens is 2. The molecule has 118 valence electrons. The van der Waals surface area contributed by atoms with Gasteiger partial charge in [-0.3, -0.25) is 14.5 Å². The molecule has 1 atom stereocenters. The lowest BCUT2D eigenvalue weighted by molar-refractivity contribution is -0.149. The first kappa shape index (κ1) is 15.5. The zero-order chi connectivity index (χ0) is 15.5. The summed E-state index contributed by atoms with van der Waals surface area (Å²) in [6.07, 6.45) is 0. The highest BCUT2D eigenvalue weighted by Crippen LogP contribution is 2.20. The van der Waals surface area contributed by atoms with Crippen LogP contribution in [0.15, 0.2) is 16.2 Å². The second-order valence-corrected chi connectivity index (χ2v) is 7.03. The smallest absolute Gasteiger partial charge is 0.324 e. The first-order valence-corrected chi connectivity index (χ1v) is 9.17. The lowest BCUT2D eigenvalue weighted by Gasteiger charge is -2.33. The van der Waals surface area contributed by atoms with Gasteiger partial charge in [-0.1, -0.05) is 0 Å². The molecule has 0 radical (unpaired) electrons. The van der Waals surface area contributed by atoms with Gasteiger partial charge in [0.1, 0.15) is 16.6 Å². The molecule has 1 aliphatic rings. The molecule has 0 amide bonds. The van der Waals surface area contributed by atoms with Crippen molar-refractivity contribution in [1.82, 2.24) is 14.9 Å². The van der Waals surface area contributed by atoms with E-state index in [9.17, 15) is 9.59 Å². The van der Waals surface area contributed by atoms with Crippen molar-refractivity contribution in [3.05, 3.63) is 27.6 Å². The Morgan fingerprint density at radius 2 is 2.45 bits per heavy atom. The molecule has 1 saturated heterocycles. The van der Waals surface area contributed by atoms with Crippen LogP contribution < -0.4 is 5.56 Å². The minimum Gasteiger partial charge on any atom is -0.465 e. The topological polar surface area (TPSA) is 75.3 Å². The van der Waals surface area contributed by atoms with Crippen LogP contribution >= 0.6 is 23.1 Å². The number of thioether (sulfide) groups is 1. The second kappa shape index (κ2) is 6.80. The van der Waals surface area contributed by atoms with Gasteiger partial charge in [-0.15, -0.1) is 11.3 Å². The Hall–Kier alpha value is -1.38.